The molecule has 13 amide bonds. The van der Waals surface area contributed by atoms with Crippen molar-refractivity contribution in [2.75, 3.05) is 47.8 Å². The Bertz CT molecular complexity index is 3630. The van der Waals surface area contributed by atoms with Crippen molar-refractivity contribution in [3.05, 3.63) is 119 Å². The molecule has 2 aromatic carbocycles. The van der Waals surface area contributed by atoms with Crippen molar-refractivity contribution in [2.24, 2.45) is 29.6 Å². The molecular weight excluding hydrogens is 1400 g/mol. The van der Waals surface area contributed by atoms with E-state index in [0.717, 1.165) is 34.6 Å². The number of likely N-dealkylation sites (N-methyl/N-ethyl adjacent to an activating group) is 4. The molecule has 27 heteroatoms. The summed E-state index contributed by atoms with van der Waals surface area (Å²) < 4.78 is 0. The number of hydrogen-bond acceptors (Lipinski definition) is 14. The third-order valence-corrected chi connectivity index (χ3v) is 20.9. The first-order valence-electron chi connectivity index (χ1n) is 39.1. The van der Waals surface area contributed by atoms with Crippen LogP contribution in [0.25, 0.3) is 0 Å². The highest BCUT2D eigenvalue weighted by Gasteiger charge is 2.43. The SMILES string of the molecule is C=C1CCC(=O)NCC(=O)N(C)[C@@H](C)C(=O)N[C@@H](CC(C)C)C(=O)N[C@@H](C(C)C)C(=O)N(C)[C@@H](CC(C)C)C(=O)N[C@@H](Cc2ccccc2)C(=O)N(C)[C@@H](Cc2ccccc2)C(=O)N[C@@H]([C@@H](C)CC)C(=O)N(C)[C@@H](C)C(=O)N[C@@H](CC(C)C)C(=O)N[C@@H]([C@@H](C)O)C(=O)N[C@H](C(=O)N2CCCCC2)CC2=CC=C1C=CC2. The molecular formula is C83H125N13O14. The lowest BCUT2D eigenvalue weighted by molar-refractivity contribution is -0.147. The minimum absolute atomic E-state index is 0.0400. The van der Waals surface area contributed by atoms with Crippen molar-refractivity contribution in [3.8, 4) is 0 Å². The summed E-state index contributed by atoms with van der Waals surface area (Å²) in [5.74, 6) is -10.5. The Hall–Kier alpha value is -9.53. The van der Waals surface area contributed by atoms with Gasteiger partial charge < -0.3 is 72.1 Å². The predicted octanol–water partition coefficient (Wildman–Crippen LogP) is 5.12. The van der Waals surface area contributed by atoms with E-state index in [-0.39, 0.29) is 75.0 Å². The number of rotatable bonds is 15. The van der Waals surface area contributed by atoms with Crippen molar-refractivity contribution in [3.63, 3.8) is 0 Å². The number of amides is 13. The number of aliphatic hydroxyl groups excluding tert-OH is 1. The van der Waals surface area contributed by atoms with Crippen LogP contribution in [0.2, 0.25) is 0 Å². The molecule has 0 unspecified atom stereocenters. The quantitative estimate of drug-likeness (QED) is 0.112. The maximum Gasteiger partial charge on any atom is 0.245 e. The van der Waals surface area contributed by atoms with Crippen LogP contribution < -0.4 is 42.5 Å². The first-order chi connectivity index (χ1) is 51.8. The van der Waals surface area contributed by atoms with Gasteiger partial charge in [0.2, 0.25) is 76.8 Å². The van der Waals surface area contributed by atoms with E-state index in [0.29, 0.717) is 48.2 Å². The Morgan fingerprint density at radius 1 is 0.518 bits per heavy atom. The third kappa shape index (κ3) is 27.2. The maximum atomic E-state index is 15.5. The van der Waals surface area contributed by atoms with E-state index in [4.69, 9.17) is 0 Å². The first-order valence-corrected chi connectivity index (χ1v) is 39.1. The van der Waals surface area contributed by atoms with Gasteiger partial charge in [0, 0.05) is 60.5 Å². The molecule has 3 aliphatic rings. The number of nitrogens with one attached hydrogen (secondary N) is 8. The summed E-state index contributed by atoms with van der Waals surface area (Å²) in [5.41, 5.74) is 3.30. The number of aliphatic hydroxyl groups is 1. The number of fused-ring (bicyclic) bond motifs is 1. The molecule has 13 atom stereocenters. The number of hydrogen-bond donors (Lipinski definition) is 9. The maximum absolute atomic E-state index is 15.5. The second-order valence-electron chi connectivity index (χ2n) is 31.6. The molecule has 2 aliphatic heterocycles. The van der Waals surface area contributed by atoms with Gasteiger partial charge in [-0.15, -0.1) is 0 Å². The lowest BCUT2D eigenvalue weighted by Crippen LogP contribution is -2.62. The fraction of sp³-hybridized carbons (Fsp3) is 0.602. The van der Waals surface area contributed by atoms with Crippen LogP contribution in [0.5, 0.6) is 0 Å². The summed E-state index contributed by atoms with van der Waals surface area (Å²) in [6.07, 6.45) is 9.25. The Kier molecular flexibility index (Phi) is 36.2. The Labute approximate surface area is 651 Å². The molecule has 0 aromatic heterocycles. The normalized spacial score (nSPS) is 25.9. The van der Waals surface area contributed by atoms with Crippen molar-refractivity contribution < 1.29 is 67.4 Å². The molecule has 1 aliphatic carbocycles. The molecule has 2 heterocycles. The van der Waals surface area contributed by atoms with Crippen LogP contribution in [0.1, 0.15) is 172 Å². The van der Waals surface area contributed by atoms with E-state index in [1.807, 2.05) is 66.7 Å². The van der Waals surface area contributed by atoms with Gasteiger partial charge in [0.25, 0.3) is 0 Å². The number of carbonyl (C=O) groups is 13. The molecule has 5 rings (SSSR count). The molecule has 1 fully saturated rings. The standard InChI is InChI=1S/C83H125N13O14/c1-19-53(10)71-83(110)93(16)56(13)74(101)86-63(43-50(4)5)76(103)91-72(57(14)97)79(106)88-65(81(108)96-40-27-22-28-41-96)46-60-34-29-35-61(38-37-60)54(11)36-39-68(98)84-48-69(99)92(15)55(12)73(100)85-62(42-49(2)3)75(102)89-70(52(8)9)82(109)95(18)66(44-51(6)7)77(104)87-64(45-58-30-23-20-24-31-58)80(107)94(17)67(78(105)90-71)47-59-32-25-21-26-33-59/h20-21,23-26,29-33,35,37-38,49-53,55-57,62-67,70-72,97H,11,19,22,27-28,34,36,39-48H2,1-10,12-18H3,(H,84,98)(H,85,100)(H,86,101)(H,87,104)(H,88,106)(H,89,102)(H,90,105)(H,91,103)/t53-,55-,56-,57+,62-,63-,64-,65-,66-,67-,70-,71-,72-/m0/s1. The van der Waals surface area contributed by atoms with Gasteiger partial charge >= 0.3 is 0 Å². The van der Waals surface area contributed by atoms with Crippen LogP contribution in [0.4, 0.5) is 0 Å². The zero-order chi connectivity index (χ0) is 82.0. The number of benzene rings is 2. The number of likely N-dealkylation sites (tertiary alicyclic amines) is 1. The van der Waals surface area contributed by atoms with E-state index in [1.54, 1.807) is 92.4 Å². The Morgan fingerprint density at radius 3 is 1.54 bits per heavy atom. The predicted molar refractivity (Wildman–Crippen MR) is 422 cm³/mol. The van der Waals surface area contributed by atoms with Crippen molar-refractivity contribution in [1.29, 1.82) is 0 Å². The smallest absolute Gasteiger partial charge is 0.245 e. The molecule has 1 saturated heterocycles. The zero-order valence-electron chi connectivity index (χ0n) is 67.9. The summed E-state index contributed by atoms with van der Waals surface area (Å²) in [6.45, 7) is 27.0. The fourth-order valence-electron chi connectivity index (χ4n) is 13.5. The molecule has 0 radical (unpaired) electrons. The van der Waals surface area contributed by atoms with Crippen LogP contribution in [0.3, 0.4) is 0 Å². The Balaban J connectivity index is 1.59. The van der Waals surface area contributed by atoms with Gasteiger partial charge in [-0.1, -0.05) is 173 Å². The monoisotopic (exact) mass is 1530 g/mol. The molecule has 0 spiro atoms. The molecule has 606 valence electrons. The number of piperidine rings is 1. The van der Waals surface area contributed by atoms with Gasteiger partial charge in [-0.25, -0.2) is 0 Å². The number of allylic oxidation sites excluding steroid dienone is 6. The second-order valence-corrected chi connectivity index (χ2v) is 31.6. The summed E-state index contributed by atoms with van der Waals surface area (Å²) in [5, 5.41) is 33.7. The topological polar surface area (TPSA) is 355 Å². The van der Waals surface area contributed by atoms with Crippen LogP contribution >= 0.6 is 0 Å². The first kappa shape index (κ1) is 91.1. The zero-order valence-corrected chi connectivity index (χ0v) is 67.9. The van der Waals surface area contributed by atoms with Gasteiger partial charge in [0.15, 0.2) is 0 Å². The van der Waals surface area contributed by atoms with E-state index in [2.05, 4.69) is 49.1 Å². The Morgan fingerprint density at radius 2 is 1.01 bits per heavy atom. The second kappa shape index (κ2) is 43.8. The molecule has 110 heavy (non-hydrogen) atoms. The highest BCUT2D eigenvalue weighted by molar-refractivity contribution is 6.00. The van der Waals surface area contributed by atoms with Gasteiger partial charge in [-0.3, -0.25) is 62.3 Å². The van der Waals surface area contributed by atoms with E-state index in [1.165, 1.54) is 58.8 Å². The van der Waals surface area contributed by atoms with E-state index in [9.17, 15) is 43.5 Å². The van der Waals surface area contributed by atoms with Crippen molar-refractivity contribution in [2.45, 2.75) is 246 Å². The third-order valence-electron chi connectivity index (χ3n) is 20.9. The molecule has 27 nitrogen and oxygen atoms in total. The highest BCUT2D eigenvalue weighted by Crippen LogP contribution is 2.26. The van der Waals surface area contributed by atoms with Crippen LogP contribution in [-0.4, -0.2) is 227 Å². The van der Waals surface area contributed by atoms with Gasteiger partial charge in [0.05, 0.1) is 12.6 Å². The number of nitrogens with zero attached hydrogens (tertiary/aromatic N) is 5. The summed E-state index contributed by atoms with van der Waals surface area (Å²) in [6, 6.07) is 3.63. The van der Waals surface area contributed by atoms with Gasteiger partial charge in [-0.05, 0) is 130 Å². The average molecular weight is 1530 g/mol. The van der Waals surface area contributed by atoms with E-state index >= 15 is 24.0 Å². The van der Waals surface area contributed by atoms with Crippen molar-refractivity contribution >= 4 is 76.8 Å². The minimum Gasteiger partial charge on any atom is -0.391 e. The van der Waals surface area contributed by atoms with Crippen molar-refractivity contribution in [1.82, 2.24) is 67.0 Å². The summed E-state index contributed by atoms with van der Waals surface area (Å²) in [4.78, 5) is 197. The largest absolute Gasteiger partial charge is 0.391 e. The lowest BCUT2D eigenvalue weighted by atomic mass is 9.95. The van der Waals surface area contributed by atoms with Crippen LogP contribution in [0, 0.1) is 29.6 Å². The highest BCUT2D eigenvalue weighted by atomic mass is 16.3. The molecule has 9 N–H and O–H groups in total. The fourth-order valence-corrected chi connectivity index (χ4v) is 13.5. The molecule has 2 bridgehead atoms. The number of carbonyl (C=O) groups excluding carboxylic acids is 13. The molecule has 0 saturated carbocycles. The lowest BCUT2D eigenvalue weighted by Gasteiger charge is -2.36. The van der Waals surface area contributed by atoms with Gasteiger partial charge in [-0.2, -0.15) is 0 Å². The van der Waals surface area contributed by atoms with Crippen LogP contribution in [0.15, 0.2) is 108 Å². The minimum atomic E-state index is -1.62. The summed E-state index contributed by atoms with van der Waals surface area (Å²) in [7, 11) is 5.66. The van der Waals surface area contributed by atoms with Crippen LogP contribution in [-0.2, 0) is 75.2 Å². The molecule has 2 aromatic rings. The summed E-state index contributed by atoms with van der Waals surface area (Å²) >= 11 is 0. The van der Waals surface area contributed by atoms with E-state index < -0.39 is 162 Å². The van der Waals surface area contributed by atoms with Gasteiger partial charge in [0.1, 0.15) is 66.5 Å². The average Bonchev–Trinajstić information content (AvgIpc) is 0.861.